The molecule has 1 fully saturated rings. The Balaban J connectivity index is 1.39. The molecular weight excluding hydrogens is 380 g/mol. The SMILES string of the molecule is CC1CN(Cc2ccc(C(=O)OCC(=O)NCCc3ccccc3)cc2)CC(C)O1. The third-order valence-electron chi connectivity index (χ3n) is 5.00. The molecule has 0 aliphatic carbocycles. The average molecular weight is 411 g/mol. The fraction of sp³-hybridized carbons (Fsp3) is 0.417. The highest BCUT2D eigenvalue weighted by Crippen LogP contribution is 2.15. The number of nitrogens with zero attached hydrogens (tertiary/aromatic N) is 1. The summed E-state index contributed by atoms with van der Waals surface area (Å²) in [5, 5.41) is 2.77. The van der Waals surface area contributed by atoms with Gasteiger partial charge in [0.05, 0.1) is 17.8 Å². The number of carbonyl (C=O) groups excluding carboxylic acids is 2. The zero-order chi connectivity index (χ0) is 21.3. The number of hydrogen-bond donors (Lipinski definition) is 1. The molecule has 0 saturated carbocycles. The number of amides is 1. The molecule has 2 aromatic carbocycles. The molecule has 30 heavy (non-hydrogen) atoms. The molecule has 2 unspecified atom stereocenters. The molecule has 3 rings (SSSR count). The molecule has 1 N–H and O–H groups in total. The first-order valence-corrected chi connectivity index (χ1v) is 10.4. The van der Waals surface area contributed by atoms with Gasteiger partial charge >= 0.3 is 5.97 Å². The van der Waals surface area contributed by atoms with Crippen LogP contribution in [0.2, 0.25) is 0 Å². The van der Waals surface area contributed by atoms with E-state index >= 15 is 0 Å². The van der Waals surface area contributed by atoms with E-state index in [9.17, 15) is 9.59 Å². The second-order valence-electron chi connectivity index (χ2n) is 7.81. The van der Waals surface area contributed by atoms with E-state index in [1.807, 2.05) is 42.5 Å². The minimum absolute atomic E-state index is 0.224. The van der Waals surface area contributed by atoms with Crippen molar-refractivity contribution in [2.75, 3.05) is 26.2 Å². The number of benzene rings is 2. The molecule has 6 heteroatoms. The minimum atomic E-state index is -0.492. The van der Waals surface area contributed by atoms with E-state index in [0.717, 1.165) is 37.2 Å². The van der Waals surface area contributed by atoms with Crippen LogP contribution in [-0.2, 0) is 27.2 Å². The number of nitrogens with one attached hydrogen (secondary N) is 1. The van der Waals surface area contributed by atoms with Crippen molar-refractivity contribution in [3.63, 3.8) is 0 Å². The first-order valence-electron chi connectivity index (χ1n) is 10.4. The van der Waals surface area contributed by atoms with Crippen LogP contribution in [0, 0.1) is 0 Å². The van der Waals surface area contributed by atoms with Crippen molar-refractivity contribution in [3.8, 4) is 0 Å². The molecule has 1 saturated heterocycles. The minimum Gasteiger partial charge on any atom is -0.452 e. The molecule has 0 aromatic heterocycles. The Morgan fingerprint density at radius 3 is 2.33 bits per heavy atom. The largest absolute Gasteiger partial charge is 0.452 e. The number of rotatable bonds is 8. The number of carbonyl (C=O) groups is 2. The Labute approximate surface area is 178 Å². The standard InChI is InChI=1S/C24H30N2O4/c1-18-14-26(15-19(2)30-18)16-21-8-10-22(11-9-21)24(28)29-17-23(27)25-13-12-20-6-4-3-5-7-20/h3-11,18-19H,12-17H2,1-2H3,(H,25,27). The van der Waals surface area contributed by atoms with Crippen LogP contribution in [0.4, 0.5) is 0 Å². The third kappa shape index (κ3) is 6.97. The molecule has 1 aliphatic rings. The summed E-state index contributed by atoms with van der Waals surface area (Å²) in [7, 11) is 0. The van der Waals surface area contributed by atoms with Crippen LogP contribution in [0.3, 0.4) is 0 Å². The Morgan fingerprint density at radius 2 is 1.67 bits per heavy atom. The molecule has 0 radical (unpaired) electrons. The van der Waals surface area contributed by atoms with Crippen LogP contribution in [0.1, 0.15) is 35.3 Å². The van der Waals surface area contributed by atoms with Gasteiger partial charge in [-0.1, -0.05) is 42.5 Å². The second kappa shape index (κ2) is 10.9. The molecule has 1 heterocycles. The Kier molecular flexibility index (Phi) is 7.99. The highest BCUT2D eigenvalue weighted by Gasteiger charge is 2.22. The molecule has 1 aliphatic heterocycles. The molecule has 0 bridgehead atoms. The van der Waals surface area contributed by atoms with E-state index in [0.29, 0.717) is 12.1 Å². The monoisotopic (exact) mass is 410 g/mol. The van der Waals surface area contributed by atoms with Crippen molar-refractivity contribution in [1.82, 2.24) is 10.2 Å². The maximum absolute atomic E-state index is 12.2. The van der Waals surface area contributed by atoms with Crippen LogP contribution >= 0.6 is 0 Å². The van der Waals surface area contributed by atoms with Gasteiger partial charge < -0.3 is 14.8 Å². The molecule has 2 aromatic rings. The van der Waals surface area contributed by atoms with E-state index in [-0.39, 0.29) is 24.7 Å². The molecule has 0 spiro atoms. The fourth-order valence-electron chi connectivity index (χ4n) is 3.67. The maximum Gasteiger partial charge on any atom is 0.338 e. The zero-order valence-electron chi connectivity index (χ0n) is 17.7. The van der Waals surface area contributed by atoms with Gasteiger partial charge in [-0.05, 0) is 43.5 Å². The lowest BCUT2D eigenvalue weighted by Gasteiger charge is -2.35. The number of esters is 1. The normalized spacial score (nSPS) is 19.3. The van der Waals surface area contributed by atoms with Crippen molar-refractivity contribution >= 4 is 11.9 Å². The first kappa shape index (κ1) is 22.0. The summed E-state index contributed by atoms with van der Waals surface area (Å²) in [6, 6.07) is 17.3. The van der Waals surface area contributed by atoms with Crippen molar-refractivity contribution in [2.24, 2.45) is 0 Å². The second-order valence-corrected chi connectivity index (χ2v) is 7.81. The maximum atomic E-state index is 12.2. The summed E-state index contributed by atoms with van der Waals surface area (Å²) in [6.07, 6.45) is 1.19. The quantitative estimate of drug-likeness (QED) is 0.678. The molecular formula is C24H30N2O4. The van der Waals surface area contributed by atoms with Gasteiger partial charge in [0.25, 0.3) is 5.91 Å². The molecule has 1 amide bonds. The van der Waals surface area contributed by atoms with Crippen LogP contribution in [0.5, 0.6) is 0 Å². The van der Waals surface area contributed by atoms with Crippen LogP contribution < -0.4 is 5.32 Å². The van der Waals surface area contributed by atoms with Gasteiger partial charge in [0.1, 0.15) is 0 Å². The van der Waals surface area contributed by atoms with E-state index in [4.69, 9.17) is 9.47 Å². The van der Waals surface area contributed by atoms with Crippen LogP contribution in [0.15, 0.2) is 54.6 Å². The molecule has 2 atom stereocenters. The Morgan fingerprint density at radius 1 is 1.00 bits per heavy atom. The van der Waals surface area contributed by atoms with Crippen molar-refractivity contribution in [2.45, 2.75) is 39.0 Å². The number of hydrogen-bond acceptors (Lipinski definition) is 5. The summed E-state index contributed by atoms with van der Waals surface area (Å²) in [5.74, 6) is -0.792. The van der Waals surface area contributed by atoms with Crippen molar-refractivity contribution in [3.05, 3.63) is 71.3 Å². The van der Waals surface area contributed by atoms with E-state index in [1.54, 1.807) is 12.1 Å². The van der Waals surface area contributed by atoms with Gasteiger partial charge in [0.15, 0.2) is 6.61 Å². The smallest absolute Gasteiger partial charge is 0.338 e. The number of ether oxygens (including phenoxy) is 2. The topological polar surface area (TPSA) is 67.9 Å². The van der Waals surface area contributed by atoms with Gasteiger partial charge in [-0.3, -0.25) is 9.69 Å². The molecule has 160 valence electrons. The summed E-state index contributed by atoms with van der Waals surface area (Å²) in [5.41, 5.74) is 2.72. The average Bonchev–Trinajstić information content (AvgIpc) is 2.72. The van der Waals surface area contributed by atoms with Gasteiger partial charge in [-0.2, -0.15) is 0 Å². The predicted molar refractivity (Wildman–Crippen MR) is 115 cm³/mol. The van der Waals surface area contributed by atoms with E-state index in [1.165, 1.54) is 0 Å². The lowest BCUT2D eigenvalue weighted by molar-refractivity contribution is -0.124. The van der Waals surface area contributed by atoms with Crippen LogP contribution in [-0.4, -0.2) is 55.2 Å². The summed E-state index contributed by atoms with van der Waals surface area (Å²) >= 11 is 0. The van der Waals surface area contributed by atoms with Crippen molar-refractivity contribution < 1.29 is 19.1 Å². The highest BCUT2D eigenvalue weighted by atomic mass is 16.5. The Hall–Kier alpha value is -2.70. The fourth-order valence-corrected chi connectivity index (χ4v) is 3.67. The summed E-state index contributed by atoms with van der Waals surface area (Å²) < 4.78 is 10.9. The lowest BCUT2D eigenvalue weighted by atomic mass is 10.1. The predicted octanol–water partition coefficient (Wildman–Crippen LogP) is 2.81. The Bertz CT molecular complexity index is 813. The number of morpholine rings is 1. The van der Waals surface area contributed by atoms with E-state index < -0.39 is 5.97 Å². The lowest BCUT2D eigenvalue weighted by Crippen LogP contribution is -2.44. The van der Waals surface area contributed by atoms with Gasteiger partial charge in [-0.25, -0.2) is 4.79 Å². The van der Waals surface area contributed by atoms with E-state index in [2.05, 4.69) is 24.1 Å². The van der Waals surface area contributed by atoms with Gasteiger partial charge in [-0.15, -0.1) is 0 Å². The highest BCUT2D eigenvalue weighted by molar-refractivity contribution is 5.91. The van der Waals surface area contributed by atoms with Crippen molar-refractivity contribution in [1.29, 1.82) is 0 Å². The summed E-state index contributed by atoms with van der Waals surface area (Å²) in [6.45, 7) is 7.00. The van der Waals surface area contributed by atoms with Gasteiger partial charge in [0.2, 0.25) is 0 Å². The zero-order valence-corrected chi connectivity index (χ0v) is 17.7. The molecule has 6 nitrogen and oxygen atoms in total. The third-order valence-corrected chi connectivity index (χ3v) is 5.00. The van der Waals surface area contributed by atoms with Gasteiger partial charge in [0, 0.05) is 26.2 Å². The van der Waals surface area contributed by atoms with Crippen LogP contribution in [0.25, 0.3) is 0 Å². The summed E-state index contributed by atoms with van der Waals surface area (Å²) in [4.78, 5) is 26.4. The first-order chi connectivity index (χ1) is 14.5.